The fourth-order valence-corrected chi connectivity index (χ4v) is 5.20. The molecule has 0 unspecified atom stereocenters. The van der Waals surface area contributed by atoms with Gasteiger partial charge in [0.1, 0.15) is 11.5 Å². The summed E-state index contributed by atoms with van der Waals surface area (Å²) in [6.07, 6.45) is 5.16. The average molecular weight is 399 g/mol. The number of methoxy groups -OCH3 is 2. The van der Waals surface area contributed by atoms with Crippen LogP contribution in [0.25, 0.3) is 0 Å². The summed E-state index contributed by atoms with van der Waals surface area (Å²) in [7, 11) is -0.404. The van der Waals surface area contributed by atoms with Crippen molar-refractivity contribution in [1.29, 1.82) is 0 Å². The minimum Gasteiger partial charge on any atom is -0.497 e. The first kappa shape index (κ1) is 21.5. The summed E-state index contributed by atoms with van der Waals surface area (Å²) in [6, 6.07) is 4.97. The van der Waals surface area contributed by atoms with Gasteiger partial charge >= 0.3 is 0 Å². The molecule has 1 fully saturated rings. The van der Waals surface area contributed by atoms with Crippen molar-refractivity contribution in [2.75, 3.05) is 33.1 Å². The molecule has 1 N–H and O–H groups in total. The molecule has 27 heavy (non-hydrogen) atoms. The topological polar surface area (TPSA) is 84.9 Å². The predicted octanol–water partition coefficient (Wildman–Crippen LogP) is 2.42. The molecule has 7 nitrogen and oxygen atoms in total. The van der Waals surface area contributed by atoms with Gasteiger partial charge in [-0.15, -0.1) is 0 Å². The second-order valence-corrected chi connectivity index (χ2v) is 8.67. The lowest BCUT2D eigenvalue weighted by atomic mass is 9.95. The molecule has 0 heterocycles. The maximum Gasteiger partial charge on any atom is 0.255 e. The summed E-state index contributed by atoms with van der Waals surface area (Å²) in [5.74, 6) is 0.483. The van der Waals surface area contributed by atoms with E-state index in [1.807, 2.05) is 6.92 Å². The van der Waals surface area contributed by atoms with Gasteiger partial charge in [0.25, 0.3) is 5.91 Å². The monoisotopic (exact) mass is 398 g/mol. The molecule has 0 aliphatic heterocycles. The van der Waals surface area contributed by atoms with Crippen LogP contribution in [0.15, 0.2) is 18.2 Å². The molecule has 1 aromatic carbocycles. The van der Waals surface area contributed by atoms with E-state index in [0.29, 0.717) is 23.6 Å². The molecule has 8 heteroatoms. The number of hydrogen-bond acceptors (Lipinski definition) is 5. The minimum absolute atomic E-state index is 0.0551. The van der Waals surface area contributed by atoms with Gasteiger partial charge in [-0.2, -0.15) is 4.31 Å². The number of amides is 1. The lowest BCUT2D eigenvalue weighted by Crippen LogP contribution is -2.44. The third-order valence-electron chi connectivity index (χ3n) is 4.95. The molecule has 152 valence electrons. The lowest BCUT2D eigenvalue weighted by molar-refractivity contribution is 0.0953. The van der Waals surface area contributed by atoms with Crippen LogP contribution >= 0.6 is 0 Å². The van der Waals surface area contributed by atoms with Crippen LogP contribution in [0.5, 0.6) is 11.5 Å². The molecule has 0 radical (unpaired) electrons. The van der Waals surface area contributed by atoms with Crippen molar-refractivity contribution in [2.45, 2.75) is 45.1 Å². The number of carbonyl (C=O) groups excluding carboxylic acids is 1. The highest BCUT2D eigenvalue weighted by Crippen LogP contribution is 2.25. The van der Waals surface area contributed by atoms with Gasteiger partial charge < -0.3 is 14.8 Å². The maximum absolute atomic E-state index is 12.7. The highest BCUT2D eigenvalue weighted by molar-refractivity contribution is 7.89. The molecule has 1 saturated carbocycles. The van der Waals surface area contributed by atoms with E-state index in [9.17, 15) is 13.2 Å². The van der Waals surface area contributed by atoms with E-state index in [2.05, 4.69) is 5.32 Å². The summed E-state index contributed by atoms with van der Waals surface area (Å²) >= 11 is 0. The first-order valence-electron chi connectivity index (χ1n) is 9.42. The number of sulfonamides is 1. The number of rotatable bonds is 9. The molecule has 1 aliphatic rings. The van der Waals surface area contributed by atoms with E-state index in [1.54, 1.807) is 22.5 Å². The molecule has 1 amide bonds. The molecule has 0 spiro atoms. The van der Waals surface area contributed by atoms with Gasteiger partial charge in [0.2, 0.25) is 10.0 Å². The molecule has 0 atom stereocenters. The van der Waals surface area contributed by atoms with E-state index >= 15 is 0 Å². The number of ether oxygens (including phenoxy) is 2. The quantitative estimate of drug-likeness (QED) is 0.690. The van der Waals surface area contributed by atoms with Gasteiger partial charge in [0.15, 0.2) is 0 Å². The zero-order valence-corrected chi connectivity index (χ0v) is 17.2. The Kier molecular flexibility index (Phi) is 7.91. The Morgan fingerprint density at radius 1 is 1.19 bits per heavy atom. The fraction of sp³-hybridized carbons (Fsp3) is 0.632. The Hall–Kier alpha value is -1.80. The third-order valence-corrected chi connectivity index (χ3v) is 6.94. The molecule has 1 aliphatic carbocycles. The van der Waals surface area contributed by atoms with Crippen LogP contribution in [0.4, 0.5) is 0 Å². The van der Waals surface area contributed by atoms with Crippen molar-refractivity contribution in [2.24, 2.45) is 0 Å². The second-order valence-electron chi connectivity index (χ2n) is 6.63. The second kappa shape index (κ2) is 9.94. The summed E-state index contributed by atoms with van der Waals surface area (Å²) in [5, 5.41) is 2.68. The van der Waals surface area contributed by atoms with Crippen LogP contribution in [-0.4, -0.2) is 57.7 Å². The molecule has 0 aromatic heterocycles. The SMILES string of the molecule is CCN(C1CCCCC1)S(=O)(=O)CCNC(=O)c1ccc(OC)cc1OC. The molecule has 1 aromatic rings. The first-order valence-corrected chi connectivity index (χ1v) is 11.0. The van der Waals surface area contributed by atoms with Crippen molar-refractivity contribution in [3.8, 4) is 11.5 Å². The van der Waals surface area contributed by atoms with Crippen molar-refractivity contribution in [1.82, 2.24) is 9.62 Å². The summed E-state index contributed by atoms with van der Waals surface area (Å²) in [6.45, 7) is 2.39. The summed E-state index contributed by atoms with van der Waals surface area (Å²) < 4.78 is 37.4. The Morgan fingerprint density at radius 3 is 2.48 bits per heavy atom. The number of nitrogens with zero attached hydrogens (tertiary/aromatic N) is 1. The number of nitrogens with one attached hydrogen (secondary N) is 1. The first-order chi connectivity index (χ1) is 12.9. The van der Waals surface area contributed by atoms with E-state index in [0.717, 1.165) is 25.7 Å². The highest BCUT2D eigenvalue weighted by atomic mass is 32.2. The summed E-state index contributed by atoms with van der Waals surface area (Å²) in [5.41, 5.74) is 0.343. The highest BCUT2D eigenvalue weighted by Gasteiger charge is 2.29. The van der Waals surface area contributed by atoms with Gasteiger partial charge in [-0.1, -0.05) is 26.2 Å². The Morgan fingerprint density at radius 2 is 1.89 bits per heavy atom. The van der Waals surface area contributed by atoms with Gasteiger partial charge in [0, 0.05) is 25.2 Å². The zero-order chi connectivity index (χ0) is 19.9. The lowest BCUT2D eigenvalue weighted by Gasteiger charge is -2.32. The number of benzene rings is 1. The van der Waals surface area contributed by atoms with Crippen molar-refractivity contribution in [3.63, 3.8) is 0 Å². The average Bonchev–Trinajstić information content (AvgIpc) is 2.68. The van der Waals surface area contributed by atoms with Crippen molar-refractivity contribution < 1.29 is 22.7 Å². The number of hydrogen-bond donors (Lipinski definition) is 1. The smallest absolute Gasteiger partial charge is 0.255 e. The van der Waals surface area contributed by atoms with Crippen LogP contribution in [0, 0.1) is 0 Å². The Balaban J connectivity index is 1.96. The Bertz CT molecular complexity index is 730. The molecule has 0 bridgehead atoms. The van der Waals surface area contributed by atoms with E-state index in [4.69, 9.17) is 9.47 Å². The van der Waals surface area contributed by atoms with Crippen LogP contribution in [-0.2, 0) is 10.0 Å². The summed E-state index contributed by atoms with van der Waals surface area (Å²) in [4.78, 5) is 12.4. The van der Waals surface area contributed by atoms with Crippen LogP contribution in [0.2, 0.25) is 0 Å². The minimum atomic E-state index is -3.41. The van der Waals surface area contributed by atoms with Crippen LogP contribution in [0.3, 0.4) is 0 Å². The predicted molar refractivity (Wildman–Crippen MR) is 105 cm³/mol. The molecule has 0 saturated heterocycles. The standard InChI is InChI=1S/C19H30N2O5S/c1-4-21(15-8-6-5-7-9-15)27(23,24)13-12-20-19(22)17-11-10-16(25-2)14-18(17)26-3/h10-11,14-15H,4-9,12-13H2,1-3H3,(H,20,22). The third kappa shape index (κ3) is 5.59. The van der Waals surface area contributed by atoms with Gasteiger partial charge in [0.05, 0.1) is 25.5 Å². The van der Waals surface area contributed by atoms with E-state index < -0.39 is 10.0 Å². The molecular formula is C19H30N2O5S. The fourth-order valence-electron chi connectivity index (χ4n) is 3.54. The van der Waals surface area contributed by atoms with E-state index in [-0.39, 0.29) is 24.2 Å². The molecular weight excluding hydrogens is 368 g/mol. The van der Waals surface area contributed by atoms with Crippen molar-refractivity contribution in [3.05, 3.63) is 23.8 Å². The molecule has 2 rings (SSSR count). The van der Waals surface area contributed by atoms with Gasteiger partial charge in [-0.25, -0.2) is 8.42 Å². The van der Waals surface area contributed by atoms with Crippen LogP contribution < -0.4 is 14.8 Å². The zero-order valence-electron chi connectivity index (χ0n) is 16.4. The maximum atomic E-state index is 12.7. The van der Waals surface area contributed by atoms with Crippen molar-refractivity contribution >= 4 is 15.9 Å². The normalized spacial score (nSPS) is 15.6. The number of carbonyl (C=O) groups is 1. The van der Waals surface area contributed by atoms with Crippen LogP contribution in [0.1, 0.15) is 49.4 Å². The Labute approximate surface area is 162 Å². The van der Waals surface area contributed by atoms with Gasteiger partial charge in [-0.05, 0) is 25.0 Å². The van der Waals surface area contributed by atoms with Gasteiger partial charge in [-0.3, -0.25) is 4.79 Å². The van der Waals surface area contributed by atoms with E-state index in [1.165, 1.54) is 20.6 Å². The largest absolute Gasteiger partial charge is 0.497 e.